The molecule has 0 fully saturated rings. The van der Waals surface area contributed by atoms with Crippen LogP contribution in [-0.2, 0) is 20.9 Å². The van der Waals surface area contributed by atoms with Crippen LogP contribution in [0, 0.1) is 11.8 Å². The van der Waals surface area contributed by atoms with Gasteiger partial charge in [0.15, 0.2) is 0 Å². The van der Waals surface area contributed by atoms with Crippen molar-refractivity contribution in [1.29, 1.82) is 0 Å². The van der Waals surface area contributed by atoms with E-state index in [1.165, 1.54) is 0 Å². The summed E-state index contributed by atoms with van der Waals surface area (Å²) in [5, 5.41) is 2.79. The summed E-state index contributed by atoms with van der Waals surface area (Å²) in [6.07, 6.45) is 0.472. The molecule has 0 aliphatic heterocycles. The van der Waals surface area contributed by atoms with Crippen LogP contribution in [0.3, 0.4) is 0 Å². The first kappa shape index (κ1) is 17.2. The van der Waals surface area contributed by atoms with Gasteiger partial charge in [0, 0.05) is 11.3 Å². The van der Waals surface area contributed by atoms with Crippen molar-refractivity contribution in [2.24, 2.45) is 11.8 Å². The molecule has 1 unspecified atom stereocenters. The number of ether oxygens (including phenoxy) is 1. The highest BCUT2D eigenvalue weighted by molar-refractivity contribution is 6.04. The van der Waals surface area contributed by atoms with Gasteiger partial charge >= 0.3 is 5.97 Å². The van der Waals surface area contributed by atoms with Gasteiger partial charge in [-0.2, -0.15) is 0 Å². The van der Waals surface area contributed by atoms with Crippen LogP contribution < -0.4 is 11.1 Å². The zero-order valence-electron chi connectivity index (χ0n) is 13.0. The van der Waals surface area contributed by atoms with Crippen molar-refractivity contribution >= 4 is 17.6 Å². The fourth-order valence-electron chi connectivity index (χ4n) is 2.06. The molecule has 116 valence electrons. The summed E-state index contributed by atoms with van der Waals surface area (Å²) in [4.78, 5) is 24.3. The number of carbonyl (C=O) groups is 2. The summed E-state index contributed by atoms with van der Waals surface area (Å²) >= 11 is 0. The first-order valence-electron chi connectivity index (χ1n) is 7.33. The minimum atomic E-state index is -0.770. The molecular weight excluding hydrogens is 268 g/mol. The predicted octanol–water partition coefficient (Wildman–Crippen LogP) is 1.59. The van der Waals surface area contributed by atoms with Gasteiger partial charge in [0.25, 0.3) is 0 Å². The summed E-state index contributed by atoms with van der Waals surface area (Å²) in [5.41, 5.74) is 5.53. The average molecular weight is 293 g/mol. The summed E-state index contributed by atoms with van der Waals surface area (Å²) in [7, 11) is 0. The van der Waals surface area contributed by atoms with Crippen LogP contribution in [0.25, 0.3) is 0 Å². The second-order valence-corrected chi connectivity index (χ2v) is 5.37. The first-order chi connectivity index (χ1) is 9.97. The van der Waals surface area contributed by atoms with E-state index in [2.05, 4.69) is 11.1 Å². The quantitative estimate of drug-likeness (QED) is 0.591. The van der Waals surface area contributed by atoms with E-state index in [0.717, 1.165) is 5.56 Å². The average Bonchev–Trinajstić information content (AvgIpc) is 2.44. The Hall–Kier alpha value is -1.88. The number of carbonyl (C=O) groups excluding carboxylic acids is 2. The summed E-state index contributed by atoms with van der Waals surface area (Å²) in [6.45, 7) is 6.61. The maximum absolute atomic E-state index is 12.3. The van der Waals surface area contributed by atoms with Crippen molar-refractivity contribution < 1.29 is 20.1 Å². The fourth-order valence-corrected chi connectivity index (χ4v) is 2.06. The second kappa shape index (κ2) is 8.42. The van der Waals surface area contributed by atoms with Gasteiger partial charge in [0.2, 0.25) is 5.91 Å². The van der Waals surface area contributed by atoms with Crippen molar-refractivity contribution in [2.75, 3.05) is 11.9 Å². The van der Waals surface area contributed by atoms with Crippen LogP contribution in [0.2, 0.25) is 0 Å². The zero-order valence-corrected chi connectivity index (χ0v) is 13.0. The van der Waals surface area contributed by atoms with Crippen molar-refractivity contribution in [3.63, 3.8) is 0 Å². The Morgan fingerprint density at radius 2 is 2.05 bits per heavy atom. The number of esters is 1. The topological polar surface area (TPSA) is 83.0 Å². The molecule has 5 nitrogen and oxygen atoms in total. The zero-order chi connectivity index (χ0) is 15.8. The third kappa shape index (κ3) is 5.55. The molecule has 1 aromatic rings. The molecule has 0 aliphatic carbocycles. The number of quaternary nitrogens is 1. The lowest BCUT2D eigenvalue weighted by atomic mass is 9.96. The molecule has 0 bridgehead atoms. The van der Waals surface area contributed by atoms with Crippen molar-refractivity contribution in [1.82, 2.24) is 0 Å². The van der Waals surface area contributed by atoms with E-state index < -0.39 is 11.9 Å². The third-order valence-electron chi connectivity index (χ3n) is 3.08. The number of anilines is 1. The van der Waals surface area contributed by atoms with Gasteiger partial charge in [0.05, 0.1) is 13.2 Å². The highest BCUT2D eigenvalue weighted by Gasteiger charge is 2.28. The van der Waals surface area contributed by atoms with E-state index in [9.17, 15) is 9.59 Å². The fraction of sp³-hybridized carbons (Fsp3) is 0.500. The largest absolute Gasteiger partial charge is 0.465 e. The van der Waals surface area contributed by atoms with Gasteiger partial charge < -0.3 is 15.8 Å². The molecule has 0 spiro atoms. The minimum Gasteiger partial charge on any atom is -0.465 e. The lowest BCUT2D eigenvalue weighted by Gasteiger charge is -2.17. The summed E-state index contributed by atoms with van der Waals surface area (Å²) < 4.78 is 5.00. The molecule has 1 amide bonds. The van der Waals surface area contributed by atoms with Gasteiger partial charge in [-0.3, -0.25) is 9.59 Å². The van der Waals surface area contributed by atoms with Gasteiger partial charge in [-0.05, 0) is 31.4 Å². The molecule has 0 aliphatic rings. The van der Waals surface area contributed by atoms with Crippen molar-refractivity contribution in [3.8, 4) is 0 Å². The number of hydrogen-bond acceptors (Lipinski definition) is 3. The highest BCUT2D eigenvalue weighted by atomic mass is 16.5. The minimum absolute atomic E-state index is 0.233. The molecule has 0 saturated heterocycles. The lowest BCUT2D eigenvalue weighted by molar-refractivity contribution is -0.386. The maximum atomic E-state index is 12.3. The maximum Gasteiger partial charge on any atom is 0.318 e. The van der Waals surface area contributed by atoms with E-state index >= 15 is 0 Å². The van der Waals surface area contributed by atoms with Crippen LogP contribution in [0.15, 0.2) is 24.3 Å². The Kier molecular flexibility index (Phi) is 6.88. The van der Waals surface area contributed by atoms with Gasteiger partial charge in [-0.15, -0.1) is 0 Å². The summed E-state index contributed by atoms with van der Waals surface area (Å²) in [5.74, 6) is -1.31. The van der Waals surface area contributed by atoms with Gasteiger partial charge in [0.1, 0.15) is 5.92 Å². The lowest BCUT2D eigenvalue weighted by Crippen LogP contribution is -2.47. The molecule has 0 saturated carbocycles. The number of rotatable bonds is 7. The Labute approximate surface area is 125 Å². The molecular formula is C16H25N2O3+. The molecule has 5 heteroatoms. The van der Waals surface area contributed by atoms with Gasteiger partial charge in [-0.1, -0.05) is 26.0 Å². The van der Waals surface area contributed by atoms with Crippen molar-refractivity contribution in [2.45, 2.75) is 33.7 Å². The third-order valence-corrected chi connectivity index (χ3v) is 3.08. The van der Waals surface area contributed by atoms with Crippen LogP contribution in [0.1, 0.15) is 32.8 Å². The molecule has 1 atom stereocenters. The van der Waals surface area contributed by atoms with E-state index in [1.807, 2.05) is 32.0 Å². The number of amides is 1. The molecule has 0 heterocycles. The Balaban J connectivity index is 2.81. The second-order valence-electron chi connectivity index (χ2n) is 5.37. The molecule has 1 aromatic carbocycles. The van der Waals surface area contributed by atoms with E-state index in [4.69, 9.17) is 4.74 Å². The first-order valence-corrected chi connectivity index (χ1v) is 7.33. The molecule has 1 rings (SSSR count). The smallest absolute Gasteiger partial charge is 0.318 e. The Morgan fingerprint density at radius 3 is 2.62 bits per heavy atom. The molecule has 0 radical (unpaired) electrons. The standard InChI is InChI=1S/C16H24N2O3/c1-4-21-16(20)14(8-11(2)3)15(19)18-13-7-5-6-12(9-13)10-17/h5-7,9,11,14H,4,8,10,17H2,1-3H3,(H,18,19)/p+1. The van der Waals surface area contributed by atoms with Crippen molar-refractivity contribution in [3.05, 3.63) is 29.8 Å². The van der Waals surface area contributed by atoms with Crippen LogP contribution in [-0.4, -0.2) is 18.5 Å². The Morgan fingerprint density at radius 1 is 1.33 bits per heavy atom. The Bertz CT molecular complexity index is 486. The van der Waals surface area contributed by atoms with Crippen LogP contribution in [0.4, 0.5) is 5.69 Å². The van der Waals surface area contributed by atoms with E-state index in [0.29, 0.717) is 18.7 Å². The van der Waals surface area contributed by atoms with Crippen LogP contribution >= 0.6 is 0 Å². The van der Waals surface area contributed by atoms with E-state index in [1.54, 1.807) is 13.0 Å². The number of nitrogens with one attached hydrogen (secondary N) is 1. The monoisotopic (exact) mass is 293 g/mol. The molecule has 21 heavy (non-hydrogen) atoms. The molecule has 4 N–H and O–H groups in total. The summed E-state index contributed by atoms with van der Waals surface area (Å²) in [6, 6.07) is 7.47. The van der Waals surface area contributed by atoms with Crippen LogP contribution in [0.5, 0.6) is 0 Å². The van der Waals surface area contributed by atoms with Gasteiger partial charge in [-0.25, -0.2) is 0 Å². The predicted molar refractivity (Wildman–Crippen MR) is 81.2 cm³/mol. The number of benzene rings is 1. The molecule has 0 aromatic heterocycles. The van der Waals surface area contributed by atoms with E-state index in [-0.39, 0.29) is 18.4 Å². The SMILES string of the molecule is CCOC(=O)C(CC(C)C)C(=O)Nc1cccc(C[NH3+])c1. The highest BCUT2D eigenvalue weighted by Crippen LogP contribution is 2.17. The normalized spacial score (nSPS) is 12.0. The number of hydrogen-bond donors (Lipinski definition) is 2.